The molecule has 3 heterocycles. The lowest BCUT2D eigenvalue weighted by Gasteiger charge is -2.27. The second-order valence-electron chi connectivity index (χ2n) is 8.80. The Bertz CT molecular complexity index is 1280. The van der Waals surface area contributed by atoms with Crippen LogP contribution in [-0.2, 0) is 10.9 Å². The molecule has 0 spiro atoms. The van der Waals surface area contributed by atoms with Crippen LogP contribution in [0.25, 0.3) is 22.0 Å². The van der Waals surface area contributed by atoms with Crippen molar-refractivity contribution in [3.63, 3.8) is 0 Å². The molecule has 34 heavy (non-hydrogen) atoms. The Balaban J connectivity index is 1.42. The number of pyridine rings is 1. The number of rotatable bonds is 4. The lowest BCUT2D eigenvalue weighted by Crippen LogP contribution is -2.38. The number of amides is 1. The highest BCUT2D eigenvalue weighted by Crippen LogP contribution is 2.36. The number of aromatic amines is 1. The number of likely N-dealkylation sites (tertiary alicyclic amines) is 1. The summed E-state index contributed by atoms with van der Waals surface area (Å²) in [6.07, 6.45) is -1.75. The molecule has 6 nitrogen and oxygen atoms in total. The summed E-state index contributed by atoms with van der Waals surface area (Å²) in [6, 6.07) is 11.6. The van der Waals surface area contributed by atoms with Gasteiger partial charge in [0.05, 0.1) is 12.1 Å². The average molecular weight is 471 g/mol. The van der Waals surface area contributed by atoms with Crippen molar-refractivity contribution in [3.05, 3.63) is 64.4 Å². The predicted molar refractivity (Wildman–Crippen MR) is 123 cm³/mol. The molecule has 1 atom stereocenters. The highest BCUT2D eigenvalue weighted by Gasteiger charge is 2.35. The van der Waals surface area contributed by atoms with Crippen molar-refractivity contribution in [2.75, 3.05) is 31.1 Å². The second-order valence-corrected chi connectivity index (χ2v) is 8.80. The molecule has 2 aliphatic rings. The van der Waals surface area contributed by atoms with Crippen LogP contribution in [-0.4, -0.2) is 48.3 Å². The number of alkyl halides is 3. The highest BCUT2D eigenvalue weighted by atomic mass is 19.4. The molecule has 0 saturated carbocycles. The molecule has 178 valence electrons. The fraction of sp³-hybridized carbons (Fsp3) is 0.360. The molecular weight excluding hydrogens is 447 g/mol. The van der Waals surface area contributed by atoms with Crippen LogP contribution in [0.1, 0.15) is 24.8 Å². The topological polar surface area (TPSA) is 65.6 Å². The minimum Gasteiger partial charge on any atom is -0.443 e. The maximum Gasteiger partial charge on any atom is 0.417 e. The number of nitrogens with one attached hydrogen (secondary N) is 1. The van der Waals surface area contributed by atoms with Gasteiger partial charge in [0, 0.05) is 28.9 Å². The van der Waals surface area contributed by atoms with Crippen LogP contribution >= 0.6 is 0 Å². The predicted octanol–water partition coefficient (Wildman–Crippen LogP) is 5.03. The van der Waals surface area contributed by atoms with Gasteiger partial charge in [-0.05, 0) is 55.6 Å². The van der Waals surface area contributed by atoms with Crippen molar-refractivity contribution >= 4 is 22.6 Å². The molecule has 3 aromatic rings. The molecule has 2 aromatic carbocycles. The zero-order valence-corrected chi connectivity index (χ0v) is 18.4. The lowest BCUT2D eigenvalue weighted by atomic mass is 10.0. The summed E-state index contributed by atoms with van der Waals surface area (Å²) in [5.41, 5.74) is -0.834. The number of piperidine rings is 1. The van der Waals surface area contributed by atoms with E-state index in [-0.39, 0.29) is 22.7 Å². The van der Waals surface area contributed by atoms with E-state index in [9.17, 15) is 22.8 Å². The number of anilines is 1. The van der Waals surface area contributed by atoms with E-state index in [4.69, 9.17) is 4.74 Å². The van der Waals surface area contributed by atoms with Crippen LogP contribution < -0.4 is 10.5 Å². The van der Waals surface area contributed by atoms with Gasteiger partial charge in [0.15, 0.2) is 0 Å². The summed E-state index contributed by atoms with van der Waals surface area (Å²) in [5.74, 6) is 0. The summed E-state index contributed by atoms with van der Waals surface area (Å²) in [4.78, 5) is 31.7. The Morgan fingerprint density at radius 2 is 1.76 bits per heavy atom. The molecule has 2 saturated heterocycles. The Morgan fingerprint density at radius 1 is 1.00 bits per heavy atom. The molecule has 1 aromatic heterocycles. The van der Waals surface area contributed by atoms with E-state index in [0.29, 0.717) is 24.2 Å². The average Bonchev–Trinajstić information content (AvgIpc) is 3.18. The molecule has 2 fully saturated rings. The zero-order chi connectivity index (χ0) is 23.9. The van der Waals surface area contributed by atoms with Crippen LogP contribution in [0, 0.1) is 0 Å². The number of benzene rings is 2. The van der Waals surface area contributed by atoms with Crippen molar-refractivity contribution in [1.82, 2.24) is 9.88 Å². The van der Waals surface area contributed by atoms with Gasteiger partial charge in [-0.1, -0.05) is 30.7 Å². The number of aromatic nitrogens is 1. The summed E-state index contributed by atoms with van der Waals surface area (Å²) < 4.78 is 45.9. The summed E-state index contributed by atoms with van der Waals surface area (Å²) in [5, 5.41) is 0.773. The van der Waals surface area contributed by atoms with E-state index in [1.165, 1.54) is 35.6 Å². The summed E-state index contributed by atoms with van der Waals surface area (Å²) in [7, 11) is 0. The van der Waals surface area contributed by atoms with Gasteiger partial charge >= 0.3 is 12.3 Å². The molecule has 1 N–H and O–H groups in total. The number of hydrogen-bond donors (Lipinski definition) is 1. The first-order valence-corrected chi connectivity index (χ1v) is 11.3. The van der Waals surface area contributed by atoms with Gasteiger partial charge in [-0.15, -0.1) is 0 Å². The van der Waals surface area contributed by atoms with Crippen molar-refractivity contribution in [3.8, 4) is 11.3 Å². The van der Waals surface area contributed by atoms with Crippen LogP contribution in [0.3, 0.4) is 0 Å². The third-order valence-corrected chi connectivity index (χ3v) is 6.45. The number of nitrogens with zero attached hydrogens (tertiary/aromatic N) is 2. The fourth-order valence-electron chi connectivity index (χ4n) is 4.78. The number of fused-ring (bicyclic) bond motifs is 1. The van der Waals surface area contributed by atoms with Crippen molar-refractivity contribution < 1.29 is 22.7 Å². The molecule has 2 aliphatic heterocycles. The normalized spacial score (nSPS) is 19.6. The van der Waals surface area contributed by atoms with Crippen LogP contribution in [0.4, 0.5) is 23.7 Å². The lowest BCUT2D eigenvalue weighted by molar-refractivity contribution is -0.137. The van der Waals surface area contributed by atoms with E-state index in [0.717, 1.165) is 32.0 Å². The summed E-state index contributed by atoms with van der Waals surface area (Å²) >= 11 is 0. The first-order valence-electron chi connectivity index (χ1n) is 11.3. The Labute approximate surface area is 193 Å². The van der Waals surface area contributed by atoms with Gasteiger partial charge < -0.3 is 9.72 Å². The molecule has 0 radical (unpaired) electrons. The fourth-order valence-corrected chi connectivity index (χ4v) is 4.78. The van der Waals surface area contributed by atoms with E-state index in [1.54, 1.807) is 18.2 Å². The largest absolute Gasteiger partial charge is 0.443 e. The Hall–Kier alpha value is -3.33. The van der Waals surface area contributed by atoms with Crippen molar-refractivity contribution in [2.24, 2.45) is 0 Å². The molecule has 0 aliphatic carbocycles. The number of carbonyl (C=O) groups is 1. The van der Waals surface area contributed by atoms with E-state index in [2.05, 4.69) is 9.88 Å². The van der Waals surface area contributed by atoms with E-state index < -0.39 is 23.4 Å². The van der Waals surface area contributed by atoms with Gasteiger partial charge in [-0.3, -0.25) is 14.6 Å². The SMILES string of the molecule is O=C1O[C@@H](CN2CCCCC2)CN1c1ccc2cc(-c3ccccc3C(F)(F)F)[nH]c(=O)c2c1. The number of halogens is 3. The minimum absolute atomic E-state index is 0.0837. The maximum absolute atomic E-state index is 13.4. The Morgan fingerprint density at radius 3 is 2.53 bits per heavy atom. The maximum atomic E-state index is 13.4. The third kappa shape index (κ3) is 4.40. The Kier molecular flexibility index (Phi) is 5.81. The molecule has 0 unspecified atom stereocenters. The molecule has 0 bridgehead atoms. The number of H-pyrrole nitrogens is 1. The quantitative estimate of drug-likeness (QED) is 0.580. The van der Waals surface area contributed by atoms with Gasteiger partial charge in [0.2, 0.25) is 0 Å². The monoisotopic (exact) mass is 471 g/mol. The standard InChI is InChI=1S/C25H24F3N3O3/c26-25(27,28)21-7-3-2-6-19(21)22-12-16-8-9-17(13-20(16)23(32)29-22)31-15-18(34-24(31)33)14-30-10-4-1-5-11-30/h2-3,6-9,12-13,18H,1,4-5,10-11,14-15H2,(H,29,32)/t18-/m0/s1. The molecule has 5 rings (SSSR count). The molecule has 1 amide bonds. The van der Waals surface area contributed by atoms with Gasteiger partial charge in [-0.2, -0.15) is 13.2 Å². The van der Waals surface area contributed by atoms with E-state index in [1.807, 2.05) is 0 Å². The third-order valence-electron chi connectivity index (χ3n) is 6.45. The molecule has 9 heteroatoms. The first kappa shape index (κ1) is 22.5. The van der Waals surface area contributed by atoms with Crippen molar-refractivity contribution in [1.29, 1.82) is 0 Å². The van der Waals surface area contributed by atoms with Crippen LogP contribution in [0.2, 0.25) is 0 Å². The second kappa shape index (κ2) is 8.79. The number of ether oxygens (including phenoxy) is 1. The summed E-state index contributed by atoms with van der Waals surface area (Å²) in [6.45, 7) is 3.06. The minimum atomic E-state index is -4.55. The van der Waals surface area contributed by atoms with Gasteiger partial charge in [0.1, 0.15) is 6.10 Å². The molecular formula is C25H24F3N3O3. The smallest absolute Gasteiger partial charge is 0.417 e. The number of hydrogen-bond acceptors (Lipinski definition) is 4. The first-order chi connectivity index (χ1) is 16.3. The zero-order valence-electron chi connectivity index (χ0n) is 18.4. The van der Waals surface area contributed by atoms with Crippen molar-refractivity contribution in [2.45, 2.75) is 31.5 Å². The van der Waals surface area contributed by atoms with E-state index >= 15 is 0 Å². The van der Waals surface area contributed by atoms with Crippen LogP contribution in [0.5, 0.6) is 0 Å². The van der Waals surface area contributed by atoms with Crippen LogP contribution in [0.15, 0.2) is 53.3 Å². The van der Waals surface area contributed by atoms with Gasteiger partial charge in [-0.25, -0.2) is 4.79 Å². The number of carbonyl (C=O) groups excluding carboxylic acids is 1. The highest BCUT2D eigenvalue weighted by molar-refractivity contribution is 5.94. The number of cyclic esters (lactones) is 1. The van der Waals surface area contributed by atoms with Gasteiger partial charge in [0.25, 0.3) is 5.56 Å².